The topological polar surface area (TPSA) is 111 Å². The molecule has 2 N–H and O–H groups in total. The normalized spacial score (nSPS) is 14.4. The lowest BCUT2D eigenvalue weighted by Crippen LogP contribution is -2.49. The molecule has 5 rings (SSSR count). The van der Waals surface area contributed by atoms with Gasteiger partial charge in [0.05, 0.1) is 17.6 Å². The van der Waals surface area contributed by atoms with Crippen LogP contribution in [0.4, 0.5) is 11.4 Å². The van der Waals surface area contributed by atoms with Crippen molar-refractivity contribution in [2.75, 3.05) is 36.8 Å². The molecule has 1 aliphatic heterocycles. The number of rotatable bonds is 8. The molecule has 0 amide bonds. The Balaban J connectivity index is 1.37. The van der Waals surface area contributed by atoms with E-state index in [2.05, 4.69) is 5.10 Å². The predicted octanol–water partition coefficient (Wildman–Crippen LogP) is 3.05. The first-order chi connectivity index (χ1) is 18.4. The van der Waals surface area contributed by atoms with Crippen LogP contribution < -0.4 is 20.9 Å². The van der Waals surface area contributed by atoms with Gasteiger partial charge in [-0.25, -0.2) is 8.42 Å². The fourth-order valence-corrected chi connectivity index (χ4v) is 5.91. The zero-order valence-electron chi connectivity index (χ0n) is 20.8. The van der Waals surface area contributed by atoms with Crippen LogP contribution in [0.2, 0.25) is 0 Å². The first kappa shape index (κ1) is 25.5. The molecule has 0 bridgehead atoms. The zero-order valence-corrected chi connectivity index (χ0v) is 21.6. The van der Waals surface area contributed by atoms with E-state index < -0.39 is 10.0 Å². The number of para-hydroxylation sites is 1. The van der Waals surface area contributed by atoms with Gasteiger partial charge < -0.3 is 15.4 Å². The monoisotopic (exact) mass is 531 g/mol. The minimum atomic E-state index is -3.51. The van der Waals surface area contributed by atoms with Gasteiger partial charge in [0.1, 0.15) is 12.3 Å². The third kappa shape index (κ3) is 5.71. The molecule has 2 heterocycles. The summed E-state index contributed by atoms with van der Waals surface area (Å²) in [6.45, 7) is 1.60. The summed E-state index contributed by atoms with van der Waals surface area (Å²) in [5.41, 5.74) is 8.74. The lowest BCUT2D eigenvalue weighted by Gasteiger charge is -2.35. The lowest BCUT2D eigenvalue weighted by atomic mass is 10.2. The van der Waals surface area contributed by atoms with Crippen LogP contribution in [0.1, 0.15) is 11.1 Å². The molecule has 0 radical (unpaired) electrons. The van der Waals surface area contributed by atoms with Crippen molar-refractivity contribution in [1.82, 2.24) is 14.1 Å². The van der Waals surface area contributed by atoms with Crippen LogP contribution in [0.25, 0.3) is 5.69 Å². The largest absolute Gasteiger partial charge is 0.481 e. The fourth-order valence-electron chi connectivity index (χ4n) is 4.40. The number of benzene rings is 3. The van der Waals surface area contributed by atoms with Crippen LogP contribution in [-0.4, -0.2) is 48.7 Å². The van der Waals surface area contributed by atoms with Gasteiger partial charge in [-0.05, 0) is 35.4 Å². The summed E-state index contributed by atoms with van der Waals surface area (Å²) < 4.78 is 35.0. The van der Waals surface area contributed by atoms with Crippen LogP contribution in [0.3, 0.4) is 0 Å². The van der Waals surface area contributed by atoms with Gasteiger partial charge in [-0.15, -0.1) is 0 Å². The number of nitrogen functional groups attached to an aromatic ring is 1. The number of hydrogen-bond donors (Lipinski definition) is 1. The number of anilines is 2. The third-order valence-electron chi connectivity index (χ3n) is 6.44. The molecule has 3 aromatic carbocycles. The SMILES string of the molecule is Nc1ccc(CS(=O)(=O)N2CCN(c3cnn(-c4ccccc4)c(=O)c3OCc3ccccc3)CC2)cc1. The Morgan fingerprint density at radius 2 is 1.45 bits per heavy atom. The zero-order chi connectivity index (χ0) is 26.5. The summed E-state index contributed by atoms with van der Waals surface area (Å²) in [6, 6.07) is 25.6. The highest BCUT2D eigenvalue weighted by atomic mass is 32.2. The van der Waals surface area contributed by atoms with E-state index in [-0.39, 0.29) is 36.8 Å². The predicted molar refractivity (Wildman–Crippen MR) is 148 cm³/mol. The summed E-state index contributed by atoms with van der Waals surface area (Å²) in [4.78, 5) is 15.5. The van der Waals surface area contributed by atoms with Gasteiger partial charge in [-0.3, -0.25) is 4.79 Å². The number of nitrogens with zero attached hydrogens (tertiary/aromatic N) is 4. The second-order valence-corrected chi connectivity index (χ2v) is 11.0. The van der Waals surface area contributed by atoms with Crippen molar-refractivity contribution in [2.24, 2.45) is 0 Å². The van der Waals surface area contributed by atoms with Crippen LogP contribution >= 0.6 is 0 Å². The average molecular weight is 532 g/mol. The molecule has 0 aliphatic carbocycles. The van der Waals surface area contributed by atoms with Crippen LogP contribution in [-0.2, 0) is 22.4 Å². The molecular formula is C28H29N5O4S. The van der Waals surface area contributed by atoms with Crippen molar-refractivity contribution in [1.29, 1.82) is 0 Å². The quantitative estimate of drug-likeness (QED) is 0.348. The molecule has 1 aliphatic rings. The van der Waals surface area contributed by atoms with Gasteiger partial charge in [-0.2, -0.15) is 14.1 Å². The summed E-state index contributed by atoms with van der Waals surface area (Å²) in [6.07, 6.45) is 1.62. The molecule has 4 aromatic rings. The minimum Gasteiger partial charge on any atom is -0.481 e. The Kier molecular flexibility index (Phi) is 7.43. The van der Waals surface area contributed by atoms with Gasteiger partial charge in [-0.1, -0.05) is 60.7 Å². The van der Waals surface area contributed by atoms with Gasteiger partial charge >= 0.3 is 5.56 Å². The van der Waals surface area contributed by atoms with Gasteiger partial charge in [0, 0.05) is 31.9 Å². The number of aromatic nitrogens is 2. The van der Waals surface area contributed by atoms with E-state index in [0.717, 1.165) is 5.56 Å². The Hall–Kier alpha value is -4.15. The Labute approximate surface area is 221 Å². The summed E-state index contributed by atoms with van der Waals surface area (Å²) in [7, 11) is -3.51. The molecule has 38 heavy (non-hydrogen) atoms. The van der Waals surface area contributed by atoms with E-state index in [1.165, 1.54) is 8.99 Å². The molecule has 196 valence electrons. The minimum absolute atomic E-state index is 0.0899. The molecule has 10 heteroatoms. The highest BCUT2D eigenvalue weighted by molar-refractivity contribution is 7.88. The van der Waals surface area contributed by atoms with Gasteiger partial charge in [0.25, 0.3) is 0 Å². The van der Waals surface area contributed by atoms with Crippen molar-refractivity contribution < 1.29 is 13.2 Å². The maximum absolute atomic E-state index is 13.5. The summed E-state index contributed by atoms with van der Waals surface area (Å²) in [5, 5.41) is 4.41. The van der Waals surface area contributed by atoms with E-state index in [4.69, 9.17) is 10.5 Å². The highest BCUT2D eigenvalue weighted by Gasteiger charge is 2.29. The van der Waals surface area contributed by atoms with Crippen molar-refractivity contribution in [3.63, 3.8) is 0 Å². The molecular weight excluding hydrogens is 502 g/mol. The van der Waals surface area contributed by atoms with E-state index in [0.29, 0.717) is 35.7 Å². The number of ether oxygens (including phenoxy) is 1. The second-order valence-electron chi connectivity index (χ2n) is 9.07. The molecule has 0 atom stereocenters. The first-order valence-electron chi connectivity index (χ1n) is 12.3. The van der Waals surface area contributed by atoms with Crippen molar-refractivity contribution in [2.45, 2.75) is 12.4 Å². The molecule has 1 aromatic heterocycles. The molecule has 0 spiro atoms. The molecule has 9 nitrogen and oxygen atoms in total. The molecule has 1 saturated heterocycles. The Bertz CT molecular complexity index is 1530. The van der Waals surface area contributed by atoms with Crippen LogP contribution in [0.15, 0.2) is 95.9 Å². The van der Waals surface area contributed by atoms with Crippen LogP contribution in [0.5, 0.6) is 5.75 Å². The first-order valence-corrected chi connectivity index (χ1v) is 13.9. The maximum atomic E-state index is 13.5. The van der Waals surface area contributed by atoms with Crippen molar-refractivity contribution >= 4 is 21.4 Å². The summed E-state index contributed by atoms with van der Waals surface area (Å²) in [5.74, 6) is 0.0961. The lowest BCUT2D eigenvalue weighted by molar-refractivity contribution is 0.297. The number of piperazine rings is 1. The van der Waals surface area contributed by atoms with Gasteiger partial charge in [0.2, 0.25) is 15.8 Å². The van der Waals surface area contributed by atoms with E-state index in [1.54, 1.807) is 42.6 Å². The smallest absolute Gasteiger partial charge is 0.316 e. The van der Waals surface area contributed by atoms with E-state index >= 15 is 0 Å². The van der Waals surface area contributed by atoms with Crippen molar-refractivity contribution in [3.8, 4) is 11.4 Å². The maximum Gasteiger partial charge on any atom is 0.316 e. The molecule has 1 fully saturated rings. The van der Waals surface area contributed by atoms with Crippen LogP contribution in [0, 0.1) is 0 Å². The number of hydrogen-bond acceptors (Lipinski definition) is 7. The van der Waals surface area contributed by atoms with E-state index in [1.807, 2.05) is 53.4 Å². The summed E-state index contributed by atoms with van der Waals surface area (Å²) >= 11 is 0. The molecule has 0 saturated carbocycles. The van der Waals surface area contributed by atoms with Gasteiger partial charge in [0.15, 0.2) is 0 Å². The van der Waals surface area contributed by atoms with E-state index in [9.17, 15) is 13.2 Å². The molecule has 0 unspecified atom stereocenters. The third-order valence-corrected chi connectivity index (χ3v) is 8.29. The van der Waals surface area contributed by atoms with Crippen molar-refractivity contribution in [3.05, 3.63) is 113 Å². The highest BCUT2D eigenvalue weighted by Crippen LogP contribution is 2.27. The number of sulfonamides is 1. The Morgan fingerprint density at radius 1 is 0.816 bits per heavy atom. The average Bonchev–Trinajstić information content (AvgIpc) is 2.94. The standard InChI is InChI=1S/C28H29N5O4S/c29-24-13-11-23(12-14-24)21-38(35,36)32-17-15-31(16-18-32)26-19-30-33(25-9-5-2-6-10-25)28(34)27(26)37-20-22-7-3-1-4-8-22/h1-14,19H,15-18,20-21,29H2. The fraction of sp³-hybridized carbons (Fsp3) is 0.214. The second kappa shape index (κ2) is 11.1. The Morgan fingerprint density at radius 3 is 2.11 bits per heavy atom. The number of nitrogens with two attached hydrogens (primary N) is 1.